The van der Waals surface area contributed by atoms with E-state index in [1.54, 1.807) is 13.0 Å². The van der Waals surface area contributed by atoms with Crippen molar-refractivity contribution in [3.05, 3.63) is 64.2 Å². The van der Waals surface area contributed by atoms with Gasteiger partial charge in [0.2, 0.25) is 0 Å². The van der Waals surface area contributed by atoms with Crippen molar-refractivity contribution in [3.8, 4) is 0 Å². The minimum Gasteiger partial charge on any atom is -0.338 e. The summed E-state index contributed by atoms with van der Waals surface area (Å²) in [6, 6.07) is 6.09. The number of nitrogens with zero attached hydrogens (tertiary/aromatic N) is 2. The molecule has 1 saturated heterocycles. The number of aryl methyl sites for hydroxylation is 2. The molecule has 2 heterocycles. The number of alkyl halides is 1. The van der Waals surface area contributed by atoms with Crippen LogP contribution in [0.5, 0.6) is 0 Å². The van der Waals surface area contributed by atoms with Crippen molar-refractivity contribution >= 4 is 17.5 Å². The van der Waals surface area contributed by atoms with E-state index in [1.165, 1.54) is 12.3 Å². The van der Waals surface area contributed by atoms with Crippen LogP contribution in [0.3, 0.4) is 0 Å². The summed E-state index contributed by atoms with van der Waals surface area (Å²) in [5.41, 5.74) is -1.72. The molecule has 1 aliphatic rings. The van der Waals surface area contributed by atoms with Crippen LogP contribution in [0.4, 0.5) is 8.78 Å². The van der Waals surface area contributed by atoms with E-state index in [4.69, 9.17) is 19.8 Å². The van der Waals surface area contributed by atoms with Crippen LogP contribution >= 0.6 is 11.6 Å². The second kappa shape index (κ2) is 8.34. The van der Waals surface area contributed by atoms with E-state index in [0.29, 0.717) is 4.90 Å². The van der Waals surface area contributed by atoms with Gasteiger partial charge in [0.15, 0.2) is 0 Å². The Hall–Kier alpha value is -2.01. The summed E-state index contributed by atoms with van der Waals surface area (Å²) in [6.07, 6.45) is -3.05. The number of amides is 1. The number of piperidine rings is 1. The summed E-state index contributed by atoms with van der Waals surface area (Å²) in [6.45, 7) is -3.67. The molecular formula is C21H23ClF2N2O. The van der Waals surface area contributed by atoms with Gasteiger partial charge >= 0.3 is 0 Å². The molecular weight excluding hydrogens is 370 g/mol. The third-order valence-electron chi connectivity index (χ3n) is 4.27. The Kier molecular flexibility index (Phi) is 4.08. The maximum Gasteiger partial charge on any atom is 0.253 e. The van der Waals surface area contributed by atoms with Crippen LogP contribution in [0, 0.1) is 12.7 Å². The first kappa shape index (κ1) is 13.2. The van der Waals surface area contributed by atoms with Crippen molar-refractivity contribution in [2.75, 3.05) is 13.0 Å². The lowest BCUT2D eigenvalue weighted by Crippen LogP contribution is -2.44. The molecule has 144 valence electrons. The predicted molar refractivity (Wildman–Crippen MR) is 102 cm³/mol. The molecule has 3 rings (SSSR count). The minimum atomic E-state index is -2.73. The highest BCUT2D eigenvalue weighted by molar-refractivity contribution is 6.31. The molecule has 0 aliphatic carbocycles. The summed E-state index contributed by atoms with van der Waals surface area (Å²) < 4.78 is 78.8. The number of hydrogen-bond donors (Lipinski definition) is 0. The van der Waals surface area contributed by atoms with Crippen molar-refractivity contribution in [2.45, 2.75) is 44.6 Å². The second-order valence-corrected chi connectivity index (χ2v) is 6.89. The maximum absolute atomic E-state index is 15.8. The van der Waals surface area contributed by atoms with Gasteiger partial charge in [-0.2, -0.15) is 0 Å². The van der Waals surface area contributed by atoms with Crippen molar-refractivity contribution < 1.29 is 21.8 Å². The number of benzene rings is 1. The van der Waals surface area contributed by atoms with Gasteiger partial charge in [0, 0.05) is 38.7 Å². The monoisotopic (exact) mass is 398 g/mol. The molecule has 1 amide bonds. The van der Waals surface area contributed by atoms with Gasteiger partial charge < -0.3 is 4.90 Å². The molecule has 2 aromatic rings. The third kappa shape index (κ3) is 5.04. The fourth-order valence-corrected chi connectivity index (χ4v) is 2.81. The first-order chi connectivity index (χ1) is 15.1. The predicted octanol–water partition coefficient (Wildman–Crippen LogP) is 5.15. The molecule has 1 aromatic heterocycles. The first-order valence-corrected chi connectivity index (χ1v) is 8.86. The van der Waals surface area contributed by atoms with Gasteiger partial charge in [-0.3, -0.25) is 9.78 Å². The number of halogens is 3. The molecule has 0 atom stereocenters. The third-order valence-corrected chi connectivity index (χ3v) is 4.56. The lowest BCUT2D eigenvalue weighted by Gasteiger charge is -2.36. The highest BCUT2D eigenvalue weighted by atomic mass is 35.5. The molecule has 3 nitrogen and oxygen atoms in total. The van der Waals surface area contributed by atoms with E-state index in [1.807, 2.05) is 0 Å². The molecule has 0 unspecified atom stereocenters. The Morgan fingerprint density at radius 1 is 1.37 bits per heavy atom. The molecule has 1 fully saturated rings. The van der Waals surface area contributed by atoms with Crippen LogP contribution in [0.15, 0.2) is 36.5 Å². The lowest BCUT2D eigenvalue weighted by molar-refractivity contribution is 0.0389. The Balaban J connectivity index is 1.82. The smallest absolute Gasteiger partial charge is 0.253 e. The Morgan fingerprint density at radius 2 is 2.11 bits per heavy atom. The topological polar surface area (TPSA) is 33.2 Å². The standard InChI is InChI=1S/C21H23ClF2N2O/c1-15-4-6-17(25-14-15)3-2-8-21(24)9-11-26(12-10-21)20(27)16-5-7-19(23)18(22)13-16/h4-7,13-14H,2-3,8-12H2,1H3/i3D2,11D2,12D2. The van der Waals surface area contributed by atoms with Crippen molar-refractivity contribution in [1.82, 2.24) is 9.88 Å². The zero-order chi connectivity index (χ0) is 24.8. The van der Waals surface area contributed by atoms with Crippen LogP contribution < -0.4 is 0 Å². The molecule has 0 radical (unpaired) electrons. The van der Waals surface area contributed by atoms with Crippen molar-refractivity contribution in [3.63, 3.8) is 0 Å². The largest absolute Gasteiger partial charge is 0.338 e. The summed E-state index contributed by atoms with van der Waals surface area (Å²) in [5, 5.41) is -0.384. The van der Waals surface area contributed by atoms with E-state index in [9.17, 15) is 9.18 Å². The van der Waals surface area contributed by atoms with Gasteiger partial charge in [-0.15, -0.1) is 0 Å². The first-order valence-electron chi connectivity index (χ1n) is 11.5. The molecule has 0 saturated carbocycles. The van der Waals surface area contributed by atoms with Crippen LogP contribution in [0.1, 0.15) is 55.5 Å². The van der Waals surface area contributed by atoms with Crippen LogP contribution in [0.25, 0.3) is 0 Å². The number of rotatable bonds is 5. The number of likely N-dealkylation sites (tertiary alicyclic amines) is 1. The molecule has 0 spiro atoms. The van der Waals surface area contributed by atoms with E-state index in [-0.39, 0.29) is 22.7 Å². The van der Waals surface area contributed by atoms with Crippen molar-refractivity contribution in [1.29, 1.82) is 0 Å². The van der Waals surface area contributed by atoms with Gasteiger partial charge in [0.25, 0.3) is 5.91 Å². The second-order valence-electron chi connectivity index (χ2n) is 6.49. The number of aromatic nitrogens is 1. The van der Waals surface area contributed by atoms with E-state index >= 15 is 4.39 Å². The van der Waals surface area contributed by atoms with E-state index in [0.717, 1.165) is 23.8 Å². The summed E-state index contributed by atoms with van der Waals surface area (Å²) in [4.78, 5) is 17.3. The Morgan fingerprint density at radius 3 is 2.74 bits per heavy atom. The summed E-state index contributed by atoms with van der Waals surface area (Å²) in [7, 11) is 0. The van der Waals surface area contributed by atoms with Gasteiger partial charge in [-0.1, -0.05) is 17.7 Å². The number of carbonyl (C=O) groups is 1. The fourth-order valence-electron chi connectivity index (χ4n) is 2.63. The van der Waals surface area contributed by atoms with Crippen LogP contribution in [-0.4, -0.2) is 34.5 Å². The Bertz CT molecular complexity index is 1030. The van der Waals surface area contributed by atoms with Crippen LogP contribution in [-0.2, 0) is 6.37 Å². The van der Waals surface area contributed by atoms with Gasteiger partial charge in [0.05, 0.1) is 5.02 Å². The average molecular weight is 399 g/mol. The average Bonchev–Trinajstić information content (AvgIpc) is 2.67. The fraction of sp³-hybridized carbons (Fsp3) is 0.429. The summed E-state index contributed by atoms with van der Waals surface area (Å²) >= 11 is 5.69. The molecule has 0 bridgehead atoms. The summed E-state index contributed by atoms with van der Waals surface area (Å²) in [5.74, 6) is -1.88. The van der Waals surface area contributed by atoms with Crippen LogP contribution in [0.2, 0.25) is 5.02 Å². The zero-order valence-electron chi connectivity index (χ0n) is 20.7. The number of hydrogen-bond acceptors (Lipinski definition) is 2. The molecule has 1 aliphatic heterocycles. The highest BCUT2D eigenvalue weighted by Crippen LogP contribution is 2.32. The van der Waals surface area contributed by atoms with Gasteiger partial charge in [-0.05, 0) is 68.8 Å². The normalized spacial score (nSPS) is 23.9. The minimum absolute atomic E-state index is 0.100. The van der Waals surface area contributed by atoms with E-state index < -0.39 is 56.0 Å². The Labute approximate surface area is 171 Å². The maximum atomic E-state index is 15.8. The quantitative estimate of drug-likeness (QED) is 0.697. The zero-order valence-corrected chi connectivity index (χ0v) is 15.5. The molecule has 0 N–H and O–H groups in total. The van der Waals surface area contributed by atoms with Crippen molar-refractivity contribution in [2.24, 2.45) is 0 Å². The highest BCUT2D eigenvalue weighted by Gasteiger charge is 2.35. The number of carbonyl (C=O) groups excluding carboxylic acids is 1. The molecule has 27 heavy (non-hydrogen) atoms. The lowest BCUT2D eigenvalue weighted by atomic mass is 9.87. The van der Waals surface area contributed by atoms with Gasteiger partial charge in [0.1, 0.15) is 11.5 Å². The van der Waals surface area contributed by atoms with E-state index in [2.05, 4.69) is 4.98 Å². The van der Waals surface area contributed by atoms with Gasteiger partial charge in [-0.25, -0.2) is 8.78 Å². The SMILES string of the molecule is [2H]C([2H])(CCC1(F)CC([2H])([2H])N(C(=O)c2ccc(F)c(Cl)c2)C([2H])([2H])C1)c1ccc(C)cn1. The molecule has 1 aromatic carbocycles. The molecule has 6 heteroatoms. The number of pyridine rings is 1.